The van der Waals surface area contributed by atoms with Gasteiger partial charge in [-0.25, -0.2) is 4.39 Å². The molecule has 1 amide bonds. The molecule has 3 rings (SSSR count). The molecular weight excluding hydrogens is 361 g/mol. The maximum absolute atomic E-state index is 13.0. The van der Waals surface area contributed by atoms with E-state index in [1.807, 2.05) is 0 Å². The molecule has 1 aromatic carbocycles. The molecule has 7 heteroatoms. The van der Waals surface area contributed by atoms with Crippen LogP contribution in [0.5, 0.6) is 0 Å². The van der Waals surface area contributed by atoms with Gasteiger partial charge >= 0.3 is 0 Å². The fourth-order valence-electron chi connectivity index (χ4n) is 3.49. The zero-order chi connectivity index (χ0) is 18.0. The molecule has 2 aliphatic heterocycles. The molecule has 2 fully saturated rings. The van der Waals surface area contributed by atoms with E-state index in [0.717, 1.165) is 0 Å². The molecule has 1 aromatic rings. The van der Waals surface area contributed by atoms with Crippen molar-refractivity contribution in [3.05, 3.63) is 42.7 Å². The second-order valence-electron chi connectivity index (χ2n) is 6.62. The minimum Gasteiger partial charge on any atom is -0.616 e. The summed E-state index contributed by atoms with van der Waals surface area (Å²) < 4.78 is 37.3. The number of hydrogen-bond donors (Lipinski definition) is 0. The van der Waals surface area contributed by atoms with Crippen LogP contribution in [0.3, 0.4) is 0 Å². The highest BCUT2D eigenvalue weighted by Crippen LogP contribution is 2.37. The third kappa shape index (κ3) is 3.89. The molecule has 0 bridgehead atoms. The smallest absolute Gasteiger partial charge is 0.233 e. The van der Waals surface area contributed by atoms with Crippen LogP contribution in [-0.4, -0.2) is 49.8 Å². The Hall–Kier alpha value is -1.02. The maximum Gasteiger partial charge on any atom is 0.233 e. The molecule has 0 saturated carbocycles. The van der Waals surface area contributed by atoms with Crippen molar-refractivity contribution in [1.82, 2.24) is 4.90 Å². The van der Waals surface area contributed by atoms with Crippen molar-refractivity contribution in [1.29, 1.82) is 0 Å². The van der Waals surface area contributed by atoms with Crippen LogP contribution in [0.4, 0.5) is 4.39 Å². The Morgan fingerprint density at radius 1 is 1.36 bits per heavy atom. The van der Waals surface area contributed by atoms with Crippen LogP contribution in [0.1, 0.15) is 19.3 Å². The molecule has 136 valence electrons. The van der Waals surface area contributed by atoms with Crippen LogP contribution in [0.15, 0.2) is 41.8 Å². The van der Waals surface area contributed by atoms with E-state index in [1.54, 1.807) is 11.0 Å². The first-order valence-corrected chi connectivity index (χ1v) is 11.1. The second kappa shape index (κ2) is 7.70. The van der Waals surface area contributed by atoms with Crippen LogP contribution in [0, 0.1) is 11.2 Å². The summed E-state index contributed by atoms with van der Waals surface area (Å²) in [6.45, 7) is 4.84. The predicted molar refractivity (Wildman–Crippen MR) is 97.5 cm³/mol. The largest absolute Gasteiger partial charge is 0.616 e. The van der Waals surface area contributed by atoms with Gasteiger partial charge in [0.15, 0.2) is 4.90 Å². The summed E-state index contributed by atoms with van der Waals surface area (Å²) >= 11 is -2.11. The molecule has 2 saturated heterocycles. The lowest BCUT2D eigenvalue weighted by molar-refractivity contribution is -0.138. The number of halogens is 1. The van der Waals surface area contributed by atoms with Crippen molar-refractivity contribution >= 4 is 28.3 Å². The standard InChI is InChI=1S/C18H22FNO3S2/c1-2-18(8-11-24(22)12-9-18)17(21)20-10-7-16(13-20)25(23)15-5-3-14(19)4-6-15/h2-6,16H,1,7-13H2. The van der Waals surface area contributed by atoms with Gasteiger partial charge in [-0.15, -0.1) is 6.58 Å². The molecule has 0 aliphatic carbocycles. The first kappa shape index (κ1) is 18.8. The minimum atomic E-state index is -1.27. The van der Waals surface area contributed by atoms with Crippen LogP contribution >= 0.6 is 0 Å². The van der Waals surface area contributed by atoms with Crippen molar-refractivity contribution in [2.45, 2.75) is 29.4 Å². The lowest BCUT2D eigenvalue weighted by Crippen LogP contribution is -2.46. The minimum absolute atomic E-state index is 0.0119. The zero-order valence-corrected chi connectivity index (χ0v) is 15.6. The summed E-state index contributed by atoms with van der Waals surface area (Å²) in [5.74, 6) is 0.706. The highest BCUT2D eigenvalue weighted by molar-refractivity contribution is 7.92. The molecule has 2 heterocycles. The van der Waals surface area contributed by atoms with Crippen LogP contribution in [0.25, 0.3) is 0 Å². The Kier molecular flexibility index (Phi) is 5.78. The first-order chi connectivity index (χ1) is 11.9. The van der Waals surface area contributed by atoms with Gasteiger partial charge in [0.25, 0.3) is 0 Å². The summed E-state index contributed by atoms with van der Waals surface area (Å²) in [5, 5.41) is -0.144. The molecule has 0 aromatic heterocycles. The monoisotopic (exact) mass is 383 g/mol. The van der Waals surface area contributed by atoms with Crippen LogP contribution in [0.2, 0.25) is 0 Å². The van der Waals surface area contributed by atoms with Gasteiger partial charge in [-0.3, -0.25) is 4.79 Å². The van der Waals surface area contributed by atoms with Crippen molar-refractivity contribution in [3.63, 3.8) is 0 Å². The number of hydrogen-bond acceptors (Lipinski definition) is 3. The highest BCUT2D eigenvalue weighted by Gasteiger charge is 2.46. The molecule has 25 heavy (non-hydrogen) atoms. The number of benzene rings is 1. The normalized spacial score (nSPS) is 30.9. The van der Waals surface area contributed by atoms with Gasteiger partial charge in [0.1, 0.15) is 22.6 Å². The van der Waals surface area contributed by atoms with E-state index in [2.05, 4.69) is 6.58 Å². The van der Waals surface area contributed by atoms with E-state index in [1.165, 1.54) is 24.3 Å². The highest BCUT2D eigenvalue weighted by atomic mass is 32.2. The van der Waals surface area contributed by atoms with E-state index in [9.17, 15) is 18.3 Å². The topological polar surface area (TPSA) is 66.4 Å². The summed E-state index contributed by atoms with van der Waals surface area (Å²) in [6.07, 6.45) is 3.49. The van der Waals surface area contributed by atoms with E-state index in [-0.39, 0.29) is 17.0 Å². The van der Waals surface area contributed by atoms with E-state index < -0.39 is 27.8 Å². The van der Waals surface area contributed by atoms with Crippen molar-refractivity contribution < 1.29 is 18.3 Å². The van der Waals surface area contributed by atoms with Gasteiger partial charge in [0.2, 0.25) is 5.91 Å². The quantitative estimate of drug-likeness (QED) is 0.592. The van der Waals surface area contributed by atoms with Gasteiger partial charge in [-0.1, -0.05) is 17.3 Å². The molecule has 2 unspecified atom stereocenters. The lowest BCUT2D eigenvalue weighted by Gasteiger charge is -2.36. The van der Waals surface area contributed by atoms with Gasteiger partial charge < -0.3 is 14.0 Å². The Morgan fingerprint density at radius 2 is 2.00 bits per heavy atom. The molecular formula is C18H22FNO3S2. The Bertz CT molecular complexity index is 632. The molecule has 0 radical (unpaired) electrons. The average Bonchev–Trinajstić information content (AvgIpc) is 3.12. The van der Waals surface area contributed by atoms with Gasteiger partial charge in [-0.2, -0.15) is 0 Å². The summed E-state index contributed by atoms with van der Waals surface area (Å²) in [6, 6.07) is 5.69. The first-order valence-electron chi connectivity index (χ1n) is 8.39. The summed E-state index contributed by atoms with van der Waals surface area (Å²) in [7, 11) is 0. The number of carbonyl (C=O) groups is 1. The van der Waals surface area contributed by atoms with Crippen molar-refractivity contribution in [2.75, 3.05) is 24.6 Å². The lowest BCUT2D eigenvalue weighted by atomic mass is 9.80. The third-order valence-electron chi connectivity index (χ3n) is 5.15. The van der Waals surface area contributed by atoms with E-state index in [4.69, 9.17) is 0 Å². The molecule has 0 spiro atoms. The van der Waals surface area contributed by atoms with E-state index in [0.29, 0.717) is 48.8 Å². The fourth-order valence-corrected chi connectivity index (χ4v) is 6.30. The molecule has 2 atom stereocenters. The Balaban J connectivity index is 1.66. The average molecular weight is 384 g/mol. The number of rotatable bonds is 4. The second-order valence-corrected chi connectivity index (χ2v) is 10.1. The number of amides is 1. The maximum atomic E-state index is 13.0. The number of nitrogens with zero attached hydrogens (tertiary/aromatic N) is 1. The molecule has 2 aliphatic rings. The van der Waals surface area contributed by atoms with Gasteiger partial charge in [0, 0.05) is 25.8 Å². The number of carbonyl (C=O) groups excluding carboxylic acids is 1. The van der Waals surface area contributed by atoms with Gasteiger partial charge in [-0.05, 0) is 35.4 Å². The molecule has 0 N–H and O–H groups in total. The Labute approximate surface area is 153 Å². The zero-order valence-electron chi connectivity index (χ0n) is 14.0. The van der Waals surface area contributed by atoms with Crippen LogP contribution in [-0.2, 0) is 27.1 Å². The Morgan fingerprint density at radius 3 is 2.60 bits per heavy atom. The third-order valence-corrected chi connectivity index (χ3v) is 8.20. The SMILES string of the molecule is C=CC1(C(=O)N2CCC([S+]([O-])c3ccc(F)cc3)C2)CC[S+]([O-])CC1. The summed E-state index contributed by atoms with van der Waals surface area (Å²) in [4.78, 5) is 15.4. The van der Waals surface area contributed by atoms with Gasteiger partial charge in [0.05, 0.1) is 12.0 Å². The van der Waals surface area contributed by atoms with E-state index >= 15 is 0 Å². The fraction of sp³-hybridized carbons (Fsp3) is 0.500. The summed E-state index contributed by atoms with van der Waals surface area (Å²) in [5.41, 5.74) is -0.639. The molecule has 4 nitrogen and oxygen atoms in total. The predicted octanol–water partition coefficient (Wildman–Crippen LogP) is 2.25. The van der Waals surface area contributed by atoms with Crippen molar-refractivity contribution in [2.24, 2.45) is 5.41 Å². The van der Waals surface area contributed by atoms with Crippen LogP contribution < -0.4 is 0 Å². The number of likely N-dealkylation sites (tertiary alicyclic amines) is 1. The van der Waals surface area contributed by atoms with Crippen molar-refractivity contribution in [3.8, 4) is 0 Å².